The molecule has 0 saturated heterocycles. The van der Waals surface area contributed by atoms with Crippen molar-refractivity contribution in [3.63, 3.8) is 0 Å². The van der Waals surface area contributed by atoms with Crippen LogP contribution in [0.3, 0.4) is 0 Å². The number of anilines is 1. The van der Waals surface area contributed by atoms with Crippen LogP contribution < -0.4 is 5.32 Å². The van der Waals surface area contributed by atoms with Gasteiger partial charge in [-0.3, -0.25) is 4.79 Å². The van der Waals surface area contributed by atoms with Crippen LogP contribution in [-0.2, 0) is 10.5 Å². The summed E-state index contributed by atoms with van der Waals surface area (Å²) in [6.45, 7) is 4.03. The van der Waals surface area contributed by atoms with Crippen LogP contribution in [0.15, 0.2) is 39.2 Å². The summed E-state index contributed by atoms with van der Waals surface area (Å²) in [6, 6.07) is 7.68. The minimum absolute atomic E-state index is 0.0227. The van der Waals surface area contributed by atoms with Gasteiger partial charge < -0.3 is 5.32 Å². The van der Waals surface area contributed by atoms with Crippen LogP contribution in [-0.4, -0.2) is 16.1 Å². The Balaban J connectivity index is 1.58. The maximum Gasteiger partial charge on any atom is 0.230 e. The van der Waals surface area contributed by atoms with Gasteiger partial charge >= 0.3 is 0 Å². The zero-order valence-corrected chi connectivity index (χ0v) is 17.9. The topological polar surface area (TPSA) is 54.9 Å². The molecular weight excluding hydrogens is 433 g/mol. The van der Waals surface area contributed by atoms with E-state index in [0.717, 1.165) is 14.9 Å². The van der Waals surface area contributed by atoms with Gasteiger partial charge in [-0.15, -0.1) is 10.2 Å². The molecule has 4 nitrogen and oxygen atoms in total. The van der Waals surface area contributed by atoms with Crippen LogP contribution in [0, 0.1) is 17.3 Å². The van der Waals surface area contributed by atoms with Gasteiger partial charge in [-0.25, -0.2) is 0 Å². The molecule has 0 spiro atoms. The predicted octanol–water partition coefficient (Wildman–Crippen LogP) is 6.01. The molecule has 1 saturated carbocycles. The molecule has 1 heterocycles. The average molecular weight is 449 g/mol. The van der Waals surface area contributed by atoms with Crippen LogP contribution in [0.2, 0.25) is 5.02 Å². The fraction of sp³-hybridized carbons (Fsp3) is 0.353. The van der Waals surface area contributed by atoms with Gasteiger partial charge in [0.15, 0.2) is 4.34 Å². The first-order valence-corrected chi connectivity index (χ1v) is 10.8. The smallest absolute Gasteiger partial charge is 0.230 e. The van der Waals surface area contributed by atoms with Crippen LogP contribution in [0.25, 0.3) is 0 Å². The number of allylic oxidation sites excluding steroid dienone is 1. The highest BCUT2D eigenvalue weighted by atomic mass is 35.5. The second-order valence-electron chi connectivity index (χ2n) is 6.52. The fourth-order valence-corrected chi connectivity index (χ4v) is 5.19. The van der Waals surface area contributed by atoms with E-state index in [4.69, 9.17) is 34.8 Å². The van der Waals surface area contributed by atoms with Gasteiger partial charge in [-0.05, 0) is 29.0 Å². The van der Waals surface area contributed by atoms with Crippen molar-refractivity contribution in [3.05, 3.63) is 45.4 Å². The first kappa shape index (κ1) is 20.0. The van der Waals surface area contributed by atoms with Crippen molar-refractivity contribution in [2.45, 2.75) is 23.9 Å². The maximum absolute atomic E-state index is 12.5. The fourth-order valence-electron chi connectivity index (χ4n) is 2.88. The zero-order valence-electron chi connectivity index (χ0n) is 14.0. The molecule has 1 amide bonds. The number of halogens is 3. The highest BCUT2D eigenvalue weighted by Crippen LogP contribution is 2.60. The molecule has 3 rings (SSSR count). The van der Waals surface area contributed by atoms with E-state index in [-0.39, 0.29) is 27.6 Å². The molecule has 1 N–H and O–H groups in total. The van der Waals surface area contributed by atoms with E-state index in [1.54, 1.807) is 6.08 Å². The lowest BCUT2D eigenvalue weighted by Gasteiger charge is -2.02. The molecule has 1 aliphatic rings. The molecule has 0 aliphatic heterocycles. The van der Waals surface area contributed by atoms with Crippen molar-refractivity contribution in [3.8, 4) is 0 Å². The summed E-state index contributed by atoms with van der Waals surface area (Å²) < 4.78 is 0.961. The lowest BCUT2D eigenvalue weighted by atomic mass is 10.1. The third kappa shape index (κ3) is 4.54. The third-order valence-electron chi connectivity index (χ3n) is 4.44. The Morgan fingerprint density at radius 2 is 2.08 bits per heavy atom. The van der Waals surface area contributed by atoms with Gasteiger partial charge in [0, 0.05) is 10.8 Å². The minimum Gasteiger partial charge on any atom is -0.300 e. The Bertz CT molecular complexity index is 849. The Labute approximate surface area is 175 Å². The number of benzene rings is 1. The van der Waals surface area contributed by atoms with Crippen molar-refractivity contribution < 1.29 is 4.79 Å². The summed E-state index contributed by atoms with van der Waals surface area (Å²) in [5.74, 6) is 0.441. The number of aromatic nitrogens is 2. The third-order valence-corrected chi connectivity index (χ3v) is 7.09. The number of hydrogen-bond acceptors (Lipinski definition) is 5. The summed E-state index contributed by atoms with van der Waals surface area (Å²) in [5, 5.41) is 12.2. The van der Waals surface area contributed by atoms with Gasteiger partial charge in [0.25, 0.3) is 0 Å². The number of hydrogen-bond donors (Lipinski definition) is 1. The minimum atomic E-state index is -0.182. The molecule has 1 aromatic heterocycles. The number of carbonyl (C=O) groups excluding carboxylic acids is 1. The Hall–Kier alpha value is -0.790. The summed E-state index contributed by atoms with van der Waals surface area (Å²) in [5.41, 5.74) is 0.859. The summed E-state index contributed by atoms with van der Waals surface area (Å²) >= 11 is 20.5. The van der Waals surface area contributed by atoms with E-state index in [1.165, 1.54) is 23.1 Å². The first-order valence-electron chi connectivity index (χ1n) is 7.82. The molecule has 138 valence electrons. The molecule has 26 heavy (non-hydrogen) atoms. The van der Waals surface area contributed by atoms with E-state index in [1.807, 2.05) is 38.1 Å². The highest BCUT2D eigenvalue weighted by Gasteiger charge is 2.60. The molecule has 2 atom stereocenters. The Kier molecular flexibility index (Phi) is 6.19. The molecule has 0 bridgehead atoms. The lowest BCUT2D eigenvalue weighted by Crippen LogP contribution is -2.16. The van der Waals surface area contributed by atoms with Crippen molar-refractivity contribution in [1.82, 2.24) is 10.2 Å². The van der Waals surface area contributed by atoms with Gasteiger partial charge in [0.05, 0.1) is 5.92 Å². The summed E-state index contributed by atoms with van der Waals surface area (Å²) in [4.78, 5) is 12.5. The van der Waals surface area contributed by atoms with Gasteiger partial charge in [0.2, 0.25) is 11.0 Å². The number of carbonyl (C=O) groups is 1. The predicted molar refractivity (Wildman–Crippen MR) is 110 cm³/mol. The maximum atomic E-state index is 12.5. The normalized spacial score (nSPS) is 20.5. The number of nitrogens with one attached hydrogen (secondary N) is 1. The van der Waals surface area contributed by atoms with Crippen molar-refractivity contribution in [2.75, 3.05) is 5.32 Å². The molecule has 0 unspecified atom stereocenters. The standard InChI is InChI=1S/C17H16Cl3N3OS2/c1-17(2)10(7-12(19)20)13(17)14(24)21-15-22-23-16(26-15)25-8-9-5-3-4-6-11(9)18/h3-7,10,13H,8H2,1-2H3,(H,21,22,24)/t10-,13-/m1/s1. The van der Waals surface area contributed by atoms with Gasteiger partial charge in [-0.1, -0.05) is 89.9 Å². The van der Waals surface area contributed by atoms with Crippen LogP contribution in [0.5, 0.6) is 0 Å². The molecule has 2 aromatic rings. The average Bonchev–Trinajstić information content (AvgIpc) is 2.90. The molecule has 1 fully saturated rings. The van der Waals surface area contributed by atoms with Crippen LogP contribution in [0.1, 0.15) is 19.4 Å². The van der Waals surface area contributed by atoms with Crippen molar-refractivity contribution in [2.24, 2.45) is 17.3 Å². The molecule has 9 heteroatoms. The monoisotopic (exact) mass is 447 g/mol. The van der Waals surface area contributed by atoms with Crippen molar-refractivity contribution in [1.29, 1.82) is 0 Å². The van der Waals surface area contributed by atoms with Gasteiger partial charge in [-0.2, -0.15) is 0 Å². The lowest BCUT2D eigenvalue weighted by molar-refractivity contribution is -0.118. The molecule has 1 aliphatic carbocycles. The van der Waals surface area contributed by atoms with Crippen molar-refractivity contribution >= 4 is 68.9 Å². The van der Waals surface area contributed by atoms with E-state index >= 15 is 0 Å². The largest absolute Gasteiger partial charge is 0.300 e. The van der Waals surface area contributed by atoms with Crippen LogP contribution >= 0.6 is 57.9 Å². The van der Waals surface area contributed by atoms with E-state index in [0.29, 0.717) is 10.9 Å². The number of nitrogens with zero attached hydrogens (tertiary/aromatic N) is 2. The molecular formula is C17H16Cl3N3OS2. The summed E-state index contributed by atoms with van der Waals surface area (Å²) in [6.07, 6.45) is 1.72. The number of thioether (sulfide) groups is 1. The summed E-state index contributed by atoms with van der Waals surface area (Å²) in [7, 11) is 0. The zero-order chi connectivity index (χ0) is 18.9. The molecule has 1 aromatic carbocycles. The second kappa shape index (κ2) is 8.07. The highest BCUT2D eigenvalue weighted by molar-refractivity contribution is 8.00. The Morgan fingerprint density at radius 3 is 2.77 bits per heavy atom. The SMILES string of the molecule is CC1(C)[C@H](C=C(Cl)Cl)[C@@H]1C(=O)Nc1nnc(SCc2ccccc2Cl)s1. The first-order chi connectivity index (χ1) is 12.3. The van der Waals surface area contributed by atoms with E-state index < -0.39 is 0 Å². The van der Waals surface area contributed by atoms with E-state index in [2.05, 4.69) is 15.5 Å². The quantitative estimate of drug-likeness (QED) is 0.434. The van der Waals surface area contributed by atoms with E-state index in [9.17, 15) is 4.79 Å². The van der Waals surface area contributed by atoms with Gasteiger partial charge in [0.1, 0.15) is 4.49 Å². The number of amides is 1. The second-order valence-corrected chi connectivity index (χ2v) is 10.1. The van der Waals surface area contributed by atoms with Crippen LogP contribution in [0.4, 0.5) is 5.13 Å². The molecule has 0 radical (unpaired) electrons. The number of rotatable bonds is 6. The Morgan fingerprint density at radius 1 is 1.35 bits per heavy atom.